The molecule has 1 heteroatoms. The maximum absolute atomic E-state index is 3.50. The van der Waals surface area contributed by atoms with Crippen molar-refractivity contribution >= 4 is 0 Å². The molecule has 3 aromatic carbocycles. The average molecular weight is 295 g/mol. The lowest BCUT2D eigenvalue weighted by molar-refractivity contribution is 1.39. The number of hydrogen-bond acceptors (Lipinski definition) is 0. The fraction of sp³-hybridized carbons (Fsp3) is 0. The van der Waals surface area contributed by atoms with Crippen LogP contribution in [0.3, 0.4) is 0 Å². The summed E-state index contributed by atoms with van der Waals surface area (Å²) in [5, 5.41) is 0. The van der Waals surface area contributed by atoms with E-state index in [-0.39, 0.29) is 0 Å². The third-order valence-corrected chi connectivity index (χ3v) is 4.07. The first-order valence-electron chi connectivity index (χ1n) is 7.80. The summed E-state index contributed by atoms with van der Waals surface area (Å²) >= 11 is 0. The van der Waals surface area contributed by atoms with Crippen molar-refractivity contribution in [1.82, 2.24) is 4.98 Å². The van der Waals surface area contributed by atoms with Crippen molar-refractivity contribution in [2.75, 3.05) is 0 Å². The fourth-order valence-electron chi connectivity index (χ4n) is 2.82. The molecule has 0 atom stereocenters. The van der Waals surface area contributed by atoms with Crippen molar-refractivity contribution in [2.24, 2.45) is 0 Å². The number of rotatable bonds is 3. The van der Waals surface area contributed by atoms with E-state index in [2.05, 4.69) is 89.9 Å². The van der Waals surface area contributed by atoms with Crippen LogP contribution in [0.2, 0.25) is 0 Å². The third kappa shape index (κ3) is 2.82. The predicted molar refractivity (Wildman–Crippen MR) is 97.1 cm³/mol. The summed E-state index contributed by atoms with van der Waals surface area (Å²) in [4.78, 5) is 3.50. The van der Waals surface area contributed by atoms with Gasteiger partial charge in [0.2, 0.25) is 0 Å². The summed E-state index contributed by atoms with van der Waals surface area (Å²) in [7, 11) is 0. The SMILES string of the molecule is c1ccc(-c2ccc(-c3ccc(-c4ccccc4)[nH]3)cc2)cc1. The topological polar surface area (TPSA) is 15.8 Å². The molecule has 23 heavy (non-hydrogen) atoms. The standard InChI is InChI=1S/C22H17N/c1-3-7-17(8-4-1)18-11-13-20(14-12-18)22-16-15-21(23-22)19-9-5-2-6-10-19/h1-16,23H. The van der Waals surface area contributed by atoms with Crippen LogP contribution >= 0.6 is 0 Å². The highest BCUT2D eigenvalue weighted by Crippen LogP contribution is 2.27. The summed E-state index contributed by atoms with van der Waals surface area (Å²) in [6, 6.07) is 33.8. The molecule has 4 aromatic rings. The fourth-order valence-corrected chi connectivity index (χ4v) is 2.82. The molecule has 0 aliphatic heterocycles. The van der Waals surface area contributed by atoms with E-state index < -0.39 is 0 Å². The van der Waals surface area contributed by atoms with Gasteiger partial charge in [0.25, 0.3) is 0 Å². The van der Waals surface area contributed by atoms with Crippen molar-refractivity contribution in [3.63, 3.8) is 0 Å². The van der Waals surface area contributed by atoms with Crippen molar-refractivity contribution in [3.05, 3.63) is 97.1 Å². The minimum absolute atomic E-state index is 1.14. The van der Waals surface area contributed by atoms with Gasteiger partial charge < -0.3 is 4.98 Å². The van der Waals surface area contributed by atoms with E-state index in [1.165, 1.54) is 22.3 Å². The van der Waals surface area contributed by atoms with Crippen LogP contribution in [0.15, 0.2) is 97.1 Å². The smallest absolute Gasteiger partial charge is 0.0458 e. The van der Waals surface area contributed by atoms with Crippen LogP contribution < -0.4 is 0 Å². The molecule has 1 heterocycles. The summed E-state index contributed by atoms with van der Waals surface area (Å²) in [5.74, 6) is 0. The van der Waals surface area contributed by atoms with Gasteiger partial charge in [-0.05, 0) is 34.4 Å². The molecule has 0 aliphatic rings. The number of aromatic nitrogens is 1. The number of benzene rings is 3. The van der Waals surface area contributed by atoms with Gasteiger partial charge in [-0.15, -0.1) is 0 Å². The third-order valence-electron chi connectivity index (χ3n) is 4.07. The maximum atomic E-state index is 3.50. The van der Waals surface area contributed by atoms with Crippen LogP contribution in [0.1, 0.15) is 0 Å². The van der Waals surface area contributed by atoms with Gasteiger partial charge in [0.1, 0.15) is 0 Å². The molecule has 1 aromatic heterocycles. The van der Waals surface area contributed by atoms with Gasteiger partial charge in [-0.1, -0.05) is 84.9 Å². The molecule has 110 valence electrons. The Hall–Kier alpha value is -3.06. The van der Waals surface area contributed by atoms with Gasteiger partial charge in [0.15, 0.2) is 0 Å². The molecule has 0 amide bonds. The summed E-state index contributed by atoms with van der Waals surface area (Å²) in [5.41, 5.74) is 7.18. The van der Waals surface area contributed by atoms with E-state index in [1.807, 2.05) is 12.1 Å². The molecule has 0 saturated carbocycles. The molecule has 4 rings (SSSR count). The molecular weight excluding hydrogens is 278 g/mol. The van der Waals surface area contributed by atoms with Gasteiger partial charge in [0, 0.05) is 11.4 Å². The van der Waals surface area contributed by atoms with Crippen molar-refractivity contribution in [2.45, 2.75) is 0 Å². The lowest BCUT2D eigenvalue weighted by Crippen LogP contribution is -1.81. The molecule has 0 aliphatic carbocycles. The minimum Gasteiger partial charge on any atom is -0.355 e. The van der Waals surface area contributed by atoms with E-state index >= 15 is 0 Å². The van der Waals surface area contributed by atoms with Crippen LogP contribution in [0.5, 0.6) is 0 Å². The number of H-pyrrole nitrogens is 1. The van der Waals surface area contributed by atoms with Crippen LogP contribution in [0.4, 0.5) is 0 Å². The summed E-state index contributed by atoms with van der Waals surface area (Å²) in [6.45, 7) is 0. The Kier molecular flexibility index (Phi) is 3.53. The van der Waals surface area contributed by atoms with Crippen LogP contribution in [-0.2, 0) is 0 Å². The average Bonchev–Trinajstić information content (AvgIpc) is 3.14. The molecule has 1 nitrogen and oxygen atoms in total. The van der Waals surface area contributed by atoms with Crippen molar-refractivity contribution in [3.8, 4) is 33.6 Å². The first-order chi connectivity index (χ1) is 11.4. The van der Waals surface area contributed by atoms with Gasteiger partial charge >= 0.3 is 0 Å². The Morgan fingerprint density at radius 1 is 0.348 bits per heavy atom. The van der Waals surface area contributed by atoms with E-state index in [1.54, 1.807) is 0 Å². The summed E-state index contributed by atoms with van der Waals surface area (Å²) < 4.78 is 0. The Morgan fingerprint density at radius 3 is 1.30 bits per heavy atom. The molecule has 0 fully saturated rings. The monoisotopic (exact) mass is 295 g/mol. The Morgan fingerprint density at radius 2 is 0.739 bits per heavy atom. The van der Waals surface area contributed by atoms with Gasteiger partial charge in [-0.3, -0.25) is 0 Å². The largest absolute Gasteiger partial charge is 0.355 e. The predicted octanol–water partition coefficient (Wildman–Crippen LogP) is 6.02. The highest BCUT2D eigenvalue weighted by atomic mass is 14.7. The highest BCUT2D eigenvalue weighted by molar-refractivity contribution is 5.71. The Labute approximate surface area is 136 Å². The Balaban J connectivity index is 1.63. The van der Waals surface area contributed by atoms with Gasteiger partial charge in [-0.2, -0.15) is 0 Å². The number of nitrogens with one attached hydrogen (secondary N) is 1. The maximum Gasteiger partial charge on any atom is 0.0458 e. The van der Waals surface area contributed by atoms with E-state index in [0.29, 0.717) is 0 Å². The molecular formula is C22H17N. The lowest BCUT2D eigenvalue weighted by Gasteiger charge is -2.04. The zero-order valence-corrected chi connectivity index (χ0v) is 12.7. The first-order valence-corrected chi connectivity index (χ1v) is 7.80. The van der Waals surface area contributed by atoms with Crippen molar-refractivity contribution < 1.29 is 0 Å². The van der Waals surface area contributed by atoms with Crippen molar-refractivity contribution in [1.29, 1.82) is 0 Å². The van der Waals surface area contributed by atoms with E-state index in [0.717, 1.165) is 11.4 Å². The number of aromatic amines is 1. The number of hydrogen-bond donors (Lipinski definition) is 1. The van der Waals surface area contributed by atoms with Crippen LogP contribution in [-0.4, -0.2) is 4.98 Å². The molecule has 0 bridgehead atoms. The normalized spacial score (nSPS) is 10.6. The van der Waals surface area contributed by atoms with Gasteiger partial charge in [-0.25, -0.2) is 0 Å². The van der Waals surface area contributed by atoms with E-state index in [4.69, 9.17) is 0 Å². The summed E-state index contributed by atoms with van der Waals surface area (Å²) in [6.07, 6.45) is 0. The second-order valence-corrected chi connectivity index (χ2v) is 5.60. The zero-order chi connectivity index (χ0) is 15.5. The molecule has 0 radical (unpaired) electrons. The highest BCUT2D eigenvalue weighted by Gasteiger charge is 2.04. The molecule has 0 spiro atoms. The molecule has 1 N–H and O–H groups in total. The van der Waals surface area contributed by atoms with Gasteiger partial charge in [0.05, 0.1) is 0 Å². The molecule has 0 unspecified atom stereocenters. The second-order valence-electron chi connectivity index (χ2n) is 5.60. The minimum atomic E-state index is 1.14. The Bertz CT molecular complexity index is 888. The second kappa shape index (κ2) is 5.98. The van der Waals surface area contributed by atoms with Crippen LogP contribution in [0.25, 0.3) is 33.6 Å². The zero-order valence-electron chi connectivity index (χ0n) is 12.7. The van der Waals surface area contributed by atoms with E-state index in [9.17, 15) is 0 Å². The van der Waals surface area contributed by atoms with Crippen LogP contribution in [0, 0.1) is 0 Å². The first kappa shape index (κ1) is 13.6. The molecule has 0 saturated heterocycles. The lowest BCUT2D eigenvalue weighted by atomic mass is 10.0. The quantitative estimate of drug-likeness (QED) is 0.476.